The summed E-state index contributed by atoms with van der Waals surface area (Å²) in [5.41, 5.74) is 1.16. The molecule has 9 heteroatoms. The van der Waals surface area contributed by atoms with Crippen LogP contribution in [-0.2, 0) is 26.3 Å². The Morgan fingerprint density at radius 1 is 1.03 bits per heavy atom. The number of halogens is 1. The highest BCUT2D eigenvalue weighted by molar-refractivity contribution is 5.90. The number of aromatic nitrogens is 2. The number of piperidine rings is 3. The van der Waals surface area contributed by atoms with Crippen LogP contribution in [0.1, 0.15) is 35.1 Å². The SMILES string of the molecule is O=C(C[N+]12CCC(CC1)C(OC(=O)C1(O)c3ccccc3Cc3ccccc31)C2)Nc1cnccn1.[Br-]. The summed E-state index contributed by atoms with van der Waals surface area (Å²) in [4.78, 5) is 34.7. The first-order chi connectivity index (χ1) is 17.5. The number of quaternary nitrogens is 1. The van der Waals surface area contributed by atoms with Gasteiger partial charge in [-0.3, -0.25) is 9.78 Å². The normalized spacial score (nSPS) is 24.7. The molecular formula is C28H29BrN4O4. The highest BCUT2D eigenvalue weighted by Crippen LogP contribution is 2.42. The van der Waals surface area contributed by atoms with E-state index in [9.17, 15) is 14.7 Å². The Kier molecular flexibility index (Phi) is 6.87. The largest absolute Gasteiger partial charge is 1.00 e. The maximum atomic E-state index is 13.8. The van der Waals surface area contributed by atoms with Crippen molar-refractivity contribution in [3.63, 3.8) is 0 Å². The highest BCUT2D eigenvalue weighted by Gasteiger charge is 2.52. The molecule has 1 unspecified atom stereocenters. The Labute approximate surface area is 226 Å². The number of carbonyl (C=O) groups is 2. The second kappa shape index (κ2) is 9.96. The highest BCUT2D eigenvalue weighted by atomic mass is 79.9. The average molecular weight is 565 g/mol. The third kappa shape index (κ3) is 4.56. The van der Waals surface area contributed by atoms with E-state index in [1.807, 2.05) is 48.5 Å². The molecule has 2 bridgehead atoms. The van der Waals surface area contributed by atoms with Gasteiger partial charge in [-0.15, -0.1) is 0 Å². The fourth-order valence-electron chi connectivity index (χ4n) is 6.28. The second-order valence-corrected chi connectivity index (χ2v) is 10.3. The number of aliphatic hydroxyl groups is 1. The van der Waals surface area contributed by atoms with Crippen LogP contribution in [0.5, 0.6) is 0 Å². The Hall–Kier alpha value is -3.14. The molecule has 3 aromatic rings. The minimum atomic E-state index is -1.86. The summed E-state index contributed by atoms with van der Waals surface area (Å²) in [6.07, 6.45) is 6.68. The van der Waals surface area contributed by atoms with Gasteiger partial charge in [0.15, 0.2) is 18.5 Å². The Morgan fingerprint density at radius 3 is 2.30 bits per heavy atom. The molecule has 2 aromatic carbocycles. The maximum Gasteiger partial charge on any atom is 0.348 e. The summed E-state index contributed by atoms with van der Waals surface area (Å²) in [5, 5.41) is 14.8. The van der Waals surface area contributed by atoms with Crippen LogP contribution in [-0.4, -0.2) is 63.7 Å². The number of nitrogens with zero attached hydrogens (tertiary/aromatic N) is 3. The lowest BCUT2D eigenvalue weighted by Crippen LogP contribution is -3.00. The molecule has 1 amide bonds. The monoisotopic (exact) mass is 564 g/mol. The van der Waals surface area contributed by atoms with Crippen molar-refractivity contribution in [3.8, 4) is 0 Å². The lowest BCUT2D eigenvalue weighted by molar-refractivity contribution is -0.939. The molecule has 3 fully saturated rings. The number of hydrogen-bond acceptors (Lipinski definition) is 6. The molecule has 3 aliphatic heterocycles. The molecule has 8 nitrogen and oxygen atoms in total. The fourth-order valence-corrected chi connectivity index (χ4v) is 6.28. The summed E-state index contributed by atoms with van der Waals surface area (Å²) in [7, 11) is 0. The van der Waals surface area contributed by atoms with Gasteiger partial charge in [-0.25, -0.2) is 9.78 Å². The van der Waals surface area contributed by atoms with Crippen LogP contribution in [0.15, 0.2) is 67.1 Å². The number of carbonyl (C=O) groups excluding carboxylic acids is 2. The van der Waals surface area contributed by atoms with Crippen LogP contribution in [0.4, 0.5) is 5.82 Å². The Balaban J connectivity index is 0.00000280. The molecule has 0 saturated carbocycles. The van der Waals surface area contributed by atoms with Crippen LogP contribution in [0, 0.1) is 5.92 Å². The molecule has 1 aromatic heterocycles. The third-order valence-electron chi connectivity index (χ3n) is 8.10. The minimum absolute atomic E-state index is 0. The van der Waals surface area contributed by atoms with Gasteiger partial charge in [-0.1, -0.05) is 48.5 Å². The summed E-state index contributed by atoms with van der Waals surface area (Å²) >= 11 is 0. The number of amides is 1. The van der Waals surface area contributed by atoms with E-state index in [0.29, 0.717) is 34.4 Å². The van der Waals surface area contributed by atoms with Gasteiger partial charge in [0.25, 0.3) is 5.91 Å². The quantitative estimate of drug-likeness (QED) is 0.317. The molecule has 2 N–H and O–H groups in total. The van der Waals surface area contributed by atoms with Crippen molar-refractivity contribution >= 4 is 17.7 Å². The molecule has 3 saturated heterocycles. The number of fused-ring (bicyclic) bond motifs is 5. The van der Waals surface area contributed by atoms with E-state index in [2.05, 4.69) is 15.3 Å². The smallest absolute Gasteiger partial charge is 0.348 e. The lowest BCUT2D eigenvalue weighted by Gasteiger charge is -2.51. The Morgan fingerprint density at radius 2 is 1.68 bits per heavy atom. The standard InChI is InChI=1S/C28H28N4O4.BrH/c33-26(31-25-16-29-11-12-30-25)18-32-13-9-19(10-14-32)24(17-32)36-27(34)28(35)22-7-3-1-5-20(22)15-21-6-2-4-8-23(21)28;/h1-8,11-12,16,19,24,35H,9-10,13-15,17-18H2;1H. The first kappa shape index (κ1) is 25.5. The van der Waals surface area contributed by atoms with Crippen LogP contribution >= 0.6 is 0 Å². The molecule has 192 valence electrons. The van der Waals surface area contributed by atoms with E-state index in [1.54, 1.807) is 6.20 Å². The van der Waals surface area contributed by atoms with E-state index >= 15 is 0 Å². The molecule has 37 heavy (non-hydrogen) atoms. The van der Waals surface area contributed by atoms with E-state index in [4.69, 9.17) is 4.74 Å². The zero-order valence-corrected chi connectivity index (χ0v) is 21.9. The van der Waals surface area contributed by atoms with Crippen LogP contribution in [0.3, 0.4) is 0 Å². The predicted molar refractivity (Wildman–Crippen MR) is 132 cm³/mol. The molecule has 4 heterocycles. The minimum Gasteiger partial charge on any atom is -1.00 e. The number of benzene rings is 2. The van der Waals surface area contributed by atoms with E-state index < -0.39 is 11.6 Å². The predicted octanol–water partition coefficient (Wildman–Crippen LogP) is -0.588. The number of rotatable bonds is 5. The fraction of sp³-hybridized carbons (Fsp3) is 0.357. The van der Waals surface area contributed by atoms with Crippen LogP contribution in [0.2, 0.25) is 0 Å². The zero-order chi connectivity index (χ0) is 24.8. The molecule has 4 aliphatic rings. The van der Waals surface area contributed by atoms with Gasteiger partial charge in [0, 0.05) is 42.3 Å². The molecular weight excluding hydrogens is 536 g/mol. The molecule has 0 radical (unpaired) electrons. The Bertz CT molecular complexity index is 1260. The first-order valence-electron chi connectivity index (χ1n) is 12.5. The summed E-state index contributed by atoms with van der Waals surface area (Å²) in [5.74, 6) is -0.111. The van der Waals surface area contributed by atoms with E-state index in [1.165, 1.54) is 12.4 Å². The van der Waals surface area contributed by atoms with Crippen molar-refractivity contribution in [3.05, 3.63) is 89.4 Å². The number of esters is 1. The topological polar surface area (TPSA) is 101 Å². The molecule has 1 aliphatic carbocycles. The van der Waals surface area contributed by atoms with Crippen molar-refractivity contribution in [1.29, 1.82) is 0 Å². The first-order valence-corrected chi connectivity index (χ1v) is 12.5. The van der Waals surface area contributed by atoms with Crippen molar-refractivity contribution in [2.75, 3.05) is 31.5 Å². The zero-order valence-electron chi connectivity index (χ0n) is 20.3. The van der Waals surface area contributed by atoms with Gasteiger partial charge in [-0.2, -0.15) is 0 Å². The maximum absolute atomic E-state index is 13.8. The van der Waals surface area contributed by atoms with Gasteiger partial charge < -0.3 is 36.6 Å². The third-order valence-corrected chi connectivity index (χ3v) is 8.10. The van der Waals surface area contributed by atoms with Gasteiger partial charge in [0.1, 0.15) is 6.54 Å². The van der Waals surface area contributed by atoms with Gasteiger partial charge in [0.2, 0.25) is 5.60 Å². The summed E-state index contributed by atoms with van der Waals surface area (Å²) in [6, 6.07) is 15.1. The molecule has 7 rings (SSSR count). The van der Waals surface area contributed by atoms with Crippen LogP contribution in [0.25, 0.3) is 0 Å². The van der Waals surface area contributed by atoms with Crippen molar-refractivity contribution < 1.29 is 40.9 Å². The molecule has 1 atom stereocenters. The van der Waals surface area contributed by atoms with Crippen molar-refractivity contribution in [2.24, 2.45) is 5.92 Å². The van der Waals surface area contributed by atoms with Crippen molar-refractivity contribution in [2.45, 2.75) is 31.0 Å². The van der Waals surface area contributed by atoms with Gasteiger partial charge in [0.05, 0.1) is 19.3 Å². The number of anilines is 1. The van der Waals surface area contributed by atoms with Gasteiger partial charge in [-0.05, 0) is 17.5 Å². The second-order valence-electron chi connectivity index (χ2n) is 10.3. The van der Waals surface area contributed by atoms with E-state index in [0.717, 1.165) is 37.1 Å². The lowest BCUT2D eigenvalue weighted by atomic mass is 9.74. The van der Waals surface area contributed by atoms with Gasteiger partial charge >= 0.3 is 5.97 Å². The average Bonchev–Trinajstić information content (AvgIpc) is 2.90. The number of ether oxygens (including phenoxy) is 1. The van der Waals surface area contributed by atoms with E-state index in [-0.39, 0.29) is 41.5 Å². The van der Waals surface area contributed by atoms with Crippen LogP contribution < -0.4 is 22.3 Å². The van der Waals surface area contributed by atoms with Crippen molar-refractivity contribution in [1.82, 2.24) is 9.97 Å². The number of hydrogen-bond donors (Lipinski definition) is 2. The number of nitrogens with one attached hydrogen (secondary N) is 1. The summed E-state index contributed by atoms with van der Waals surface area (Å²) < 4.78 is 6.71. The molecule has 0 spiro atoms. The summed E-state index contributed by atoms with van der Waals surface area (Å²) in [6.45, 7) is 2.57.